The normalized spacial score (nSPS) is 19.8. The van der Waals surface area contributed by atoms with Crippen molar-refractivity contribution >= 4 is 11.6 Å². The highest BCUT2D eigenvalue weighted by Gasteiger charge is 2.14. The van der Waals surface area contributed by atoms with Gasteiger partial charge in [-0.25, -0.2) is 0 Å². The van der Waals surface area contributed by atoms with Crippen LogP contribution < -0.4 is 10.6 Å². The third-order valence-electron chi connectivity index (χ3n) is 3.42. The molecule has 0 radical (unpaired) electrons. The highest BCUT2D eigenvalue weighted by molar-refractivity contribution is 5.91. The number of anilines is 1. The van der Waals surface area contributed by atoms with Gasteiger partial charge >= 0.3 is 0 Å². The molecule has 0 aromatic carbocycles. The summed E-state index contributed by atoms with van der Waals surface area (Å²) < 4.78 is 1.72. The Bertz CT molecular complexity index is 407. The number of nitrogens with zero attached hydrogens (tertiary/aromatic N) is 2. The topological polar surface area (TPSA) is 59.0 Å². The van der Waals surface area contributed by atoms with E-state index in [9.17, 15) is 4.79 Å². The van der Waals surface area contributed by atoms with E-state index in [4.69, 9.17) is 0 Å². The zero-order valence-corrected chi connectivity index (χ0v) is 11.2. The molecule has 0 saturated carbocycles. The Hall–Kier alpha value is -1.36. The lowest BCUT2D eigenvalue weighted by molar-refractivity contribution is -0.116. The van der Waals surface area contributed by atoms with Crippen molar-refractivity contribution in [1.82, 2.24) is 15.1 Å². The van der Waals surface area contributed by atoms with Crippen molar-refractivity contribution in [3.63, 3.8) is 0 Å². The predicted octanol–water partition coefficient (Wildman–Crippen LogP) is 1.59. The first-order valence-corrected chi connectivity index (χ1v) is 6.68. The third kappa shape index (κ3) is 3.57. The van der Waals surface area contributed by atoms with Gasteiger partial charge in [-0.15, -0.1) is 0 Å². The maximum Gasteiger partial charge on any atom is 0.224 e. The van der Waals surface area contributed by atoms with Gasteiger partial charge in [0.2, 0.25) is 5.91 Å². The lowest BCUT2D eigenvalue weighted by Gasteiger charge is -2.22. The van der Waals surface area contributed by atoms with Crippen molar-refractivity contribution in [3.05, 3.63) is 11.9 Å². The van der Waals surface area contributed by atoms with Crippen LogP contribution in [0.4, 0.5) is 5.69 Å². The van der Waals surface area contributed by atoms with Gasteiger partial charge in [0, 0.05) is 25.7 Å². The van der Waals surface area contributed by atoms with Gasteiger partial charge in [0.25, 0.3) is 0 Å². The molecule has 0 bridgehead atoms. The molecule has 1 aromatic heterocycles. The van der Waals surface area contributed by atoms with Crippen LogP contribution in [0, 0.1) is 6.92 Å². The smallest absolute Gasteiger partial charge is 0.224 e. The third-order valence-corrected chi connectivity index (χ3v) is 3.42. The summed E-state index contributed by atoms with van der Waals surface area (Å²) in [6.07, 6.45) is 7.07. The van der Waals surface area contributed by atoms with Crippen molar-refractivity contribution in [2.75, 3.05) is 11.9 Å². The monoisotopic (exact) mass is 250 g/mol. The first kappa shape index (κ1) is 13.1. The summed E-state index contributed by atoms with van der Waals surface area (Å²) >= 11 is 0. The number of aryl methyl sites for hydroxylation is 2. The Labute approximate surface area is 108 Å². The molecule has 1 amide bonds. The number of carbonyl (C=O) groups is 1. The molecule has 1 atom stereocenters. The second-order valence-electron chi connectivity index (χ2n) is 5.04. The van der Waals surface area contributed by atoms with E-state index in [1.165, 1.54) is 19.3 Å². The van der Waals surface area contributed by atoms with Gasteiger partial charge in [0.1, 0.15) is 0 Å². The van der Waals surface area contributed by atoms with Gasteiger partial charge in [-0.2, -0.15) is 5.10 Å². The number of amides is 1. The van der Waals surface area contributed by atoms with Crippen molar-refractivity contribution in [1.29, 1.82) is 0 Å². The zero-order valence-electron chi connectivity index (χ0n) is 11.2. The lowest BCUT2D eigenvalue weighted by atomic mass is 10.0. The van der Waals surface area contributed by atoms with Gasteiger partial charge in [0.05, 0.1) is 11.4 Å². The van der Waals surface area contributed by atoms with Crippen LogP contribution in [0.1, 0.15) is 37.8 Å². The molecule has 0 spiro atoms. The summed E-state index contributed by atoms with van der Waals surface area (Å²) in [5.74, 6) is 0.0819. The number of piperidine rings is 1. The lowest BCUT2D eigenvalue weighted by Crippen LogP contribution is -2.34. The molecule has 2 rings (SSSR count). The molecule has 1 aliphatic heterocycles. The van der Waals surface area contributed by atoms with Gasteiger partial charge in [-0.3, -0.25) is 9.48 Å². The maximum atomic E-state index is 11.8. The Balaban J connectivity index is 1.76. The molecule has 0 aliphatic carbocycles. The number of carbonyl (C=O) groups excluding carboxylic acids is 1. The van der Waals surface area contributed by atoms with Gasteiger partial charge in [-0.05, 0) is 32.7 Å². The summed E-state index contributed by atoms with van der Waals surface area (Å²) in [6.45, 7) is 2.99. The standard InChI is InChI=1S/C13H22N4O/c1-10-12(9-17(2)16-10)15-13(18)7-6-11-5-3-4-8-14-11/h9,11,14H,3-8H2,1-2H3,(H,15,18). The van der Waals surface area contributed by atoms with Crippen molar-refractivity contribution in [3.8, 4) is 0 Å². The number of nitrogens with one attached hydrogen (secondary N) is 2. The first-order chi connectivity index (χ1) is 8.65. The summed E-state index contributed by atoms with van der Waals surface area (Å²) in [5, 5.41) is 10.6. The van der Waals surface area contributed by atoms with Crippen molar-refractivity contribution in [2.24, 2.45) is 7.05 Å². The van der Waals surface area contributed by atoms with E-state index in [2.05, 4.69) is 15.7 Å². The van der Waals surface area contributed by atoms with Crippen LogP contribution in [-0.4, -0.2) is 28.3 Å². The summed E-state index contributed by atoms with van der Waals surface area (Å²) in [6, 6.07) is 0.513. The SMILES string of the molecule is Cc1nn(C)cc1NC(=O)CCC1CCCCN1. The second kappa shape index (κ2) is 6.00. The molecule has 2 heterocycles. The molecular weight excluding hydrogens is 228 g/mol. The number of rotatable bonds is 4. The molecule has 18 heavy (non-hydrogen) atoms. The minimum Gasteiger partial charge on any atom is -0.323 e. The molecule has 1 aliphatic rings. The Kier molecular flexibility index (Phi) is 4.36. The van der Waals surface area contributed by atoms with E-state index < -0.39 is 0 Å². The van der Waals surface area contributed by atoms with E-state index in [0.717, 1.165) is 24.3 Å². The van der Waals surface area contributed by atoms with Crippen LogP contribution in [0.2, 0.25) is 0 Å². The van der Waals surface area contributed by atoms with E-state index in [1.807, 2.05) is 20.2 Å². The van der Waals surface area contributed by atoms with Crippen LogP contribution in [0.5, 0.6) is 0 Å². The van der Waals surface area contributed by atoms with Crippen molar-refractivity contribution < 1.29 is 4.79 Å². The first-order valence-electron chi connectivity index (χ1n) is 6.68. The zero-order chi connectivity index (χ0) is 13.0. The molecule has 1 unspecified atom stereocenters. The molecule has 5 heteroatoms. The summed E-state index contributed by atoms with van der Waals surface area (Å²) in [5.41, 5.74) is 1.68. The molecule has 1 saturated heterocycles. The fraction of sp³-hybridized carbons (Fsp3) is 0.692. The molecule has 100 valence electrons. The summed E-state index contributed by atoms with van der Waals surface area (Å²) in [7, 11) is 1.86. The minimum absolute atomic E-state index is 0.0819. The van der Waals surface area contributed by atoms with Crippen LogP contribution in [-0.2, 0) is 11.8 Å². The molecule has 5 nitrogen and oxygen atoms in total. The second-order valence-corrected chi connectivity index (χ2v) is 5.04. The Morgan fingerprint density at radius 2 is 2.44 bits per heavy atom. The van der Waals surface area contributed by atoms with Gasteiger partial charge < -0.3 is 10.6 Å². The molecule has 2 N–H and O–H groups in total. The van der Waals surface area contributed by atoms with Crippen molar-refractivity contribution in [2.45, 2.75) is 45.1 Å². The van der Waals surface area contributed by atoms with E-state index in [-0.39, 0.29) is 5.91 Å². The Morgan fingerprint density at radius 3 is 3.06 bits per heavy atom. The summed E-state index contributed by atoms with van der Waals surface area (Å²) in [4.78, 5) is 11.8. The number of hydrogen-bond donors (Lipinski definition) is 2. The van der Waals surface area contributed by atoms with E-state index in [0.29, 0.717) is 12.5 Å². The van der Waals surface area contributed by atoms with E-state index in [1.54, 1.807) is 4.68 Å². The molecule has 1 fully saturated rings. The fourth-order valence-electron chi connectivity index (χ4n) is 2.41. The van der Waals surface area contributed by atoms with E-state index >= 15 is 0 Å². The van der Waals surface area contributed by atoms with Crippen LogP contribution in [0.3, 0.4) is 0 Å². The quantitative estimate of drug-likeness (QED) is 0.853. The van der Waals surface area contributed by atoms with Crippen LogP contribution in [0.15, 0.2) is 6.20 Å². The highest BCUT2D eigenvalue weighted by Crippen LogP contribution is 2.14. The van der Waals surface area contributed by atoms with Crippen LogP contribution >= 0.6 is 0 Å². The fourth-order valence-corrected chi connectivity index (χ4v) is 2.41. The number of hydrogen-bond acceptors (Lipinski definition) is 3. The highest BCUT2D eigenvalue weighted by atomic mass is 16.1. The number of aromatic nitrogens is 2. The van der Waals surface area contributed by atoms with Gasteiger partial charge in [-0.1, -0.05) is 6.42 Å². The molecular formula is C13H22N4O. The average Bonchev–Trinajstić information content (AvgIpc) is 2.67. The minimum atomic E-state index is 0.0819. The maximum absolute atomic E-state index is 11.8. The predicted molar refractivity (Wildman–Crippen MR) is 71.5 cm³/mol. The largest absolute Gasteiger partial charge is 0.323 e. The van der Waals surface area contributed by atoms with Gasteiger partial charge in [0.15, 0.2) is 0 Å². The van der Waals surface area contributed by atoms with Crippen LogP contribution in [0.25, 0.3) is 0 Å². The molecule has 1 aromatic rings. The average molecular weight is 250 g/mol. The Morgan fingerprint density at radius 1 is 1.61 bits per heavy atom.